The Morgan fingerprint density at radius 3 is 2.17 bits per heavy atom. The Hall–Kier alpha value is -0.590. The largest absolute Gasteiger partial charge is 0.369 e. The van der Waals surface area contributed by atoms with Crippen molar-refractivity contribution in [1.29, 1.82) is 0 Å². The van der Waals surface area contributed by atoms with Gasteiger partial charge in [0, 0.05) is 41.9 Å². The van der Waals surface area contributed by atoms with Crippen molar-refractivity contribution in [2.45, 2.75) is 45.1 Å². The fourth-order valence-corrected chi connectivity index (χ4v) is 4.46. The third-order valence-electron chi connectivity index (χ3n) is 4.60. The molecule has 0 bridgehead atoms. The molecule has 0 spiro atoms. The summed E-state index contributed by atoms with van der Waals surface area (Å²) in [5.41, 5.74) is 2.30. The molecule has 130 valence electrons. The fraction of sp³-hybridized carbons (Fsp3) is 0.647. The van der Waals surface area contributed by atoms with Gasteiger partial charge in [-0.25, -0.2) is 8.42 Å². The van der Waals surface area contributed by atoms with E-state index in [0.29, 0.717) is 4.90 Å². The molecular formula is C17H27BrN2O2S. The Labute approximate surface area is 148 Å². The topological polar surface area (TPSA) is 40.6 Å². The monoisotopic (exact) mass is 402 g/mol. The number of benzene rings is 1. The second-order valence-electron chi connectivity index (χ2n) is 7.10. The van der Waals surface area contributed by atoms with Crippen LogP contribution in [0.2, 0.25) is 0 Å². The molecule has 0 unspecified atom stereocenters. The molecule has 4 nitrogen and oxygen atoms in total. The number of hydrogen-bond acceptors (Lipinski definition) is 4. The van der Waals surface area contributed by atoms with Crippen LogP contribution in [0.3, 0.4) is 0 Å². The lowest BCUT2D eigenvalue weighted by molar-refractivity contribution is 0.128. The standard InChI is InChI=1S/C17H27BrN2O2S/c1-6-23(21,22)14-11-15(18)13(2)16(12-14)19-7-9-20(10-8-19)17(3,4)5/h11-12H,6-10H2,1-5H3. The number of sulfone groups is 1. The maximum absolute atomic E-state index is 12.2. The van der Waals surface area contributed by atoms with Crippen LogP contribution in [-0.4, -0.2) is 50.8 Å². The van der Waals surface area contributed by atoms with E-state index < -0.39 is 9.84 Å². The molecule has 0 amide bonds. The highest BCUT2D eigenvalue weighted by Gasteiger charge is 2.27. The molecule has 2 rings (SSSR count). The number of hydrogen-bond donors (Lipinski definition) is 0. The van der Waals surface area contributed by atoms with Crippen molar-refractivity contribution in [3.05, 3.63) is 22.2 Å². The molecule has 0 radical (unpaired) electrons. The average molecular weight is 403 g/mol. The summed E-state index contributed by atoms with van der Waals surface area (Å²) in [5, 5.41) is 0. The van der Waals surface area contributed by atoms with Gasteiger partial charge in [-0.2, -0.15) is 0 Å². The molecule has 1 fully saturated rings. The summed E-state index contributed by atoms with van der Waals surface area (Å²) in [6.45, 7) is 14.2. The third kappa shape index (κ3) is 4.09. The molecule has 1 saturated heterocycles. The SMILES string of the molecule is CCS(=O)(=O)c1cc(Br)c(C)c(N2CCN(C(C)(C)C)CC2)c1. The molecule has 0 aromatic heterocycles. The lowest BCUT2D eigenvalue weighted by Gasteiger charge is -2.43. The smallest absolute Gasteiger partial charge is 0.178 e. The minimum absolute atomic E-state index is 0.125. The summed E-state index contributed by atoms with van der Waals surface area (Å²) in [5.74, 6) is 0.125. The molecular weight excluding hydrogens is 376 g/mol. The highest BCUT2D eigenvalue weighted by atomic mass is 79.9. The lowest BCUT2D eigenvalue weighted by atomic mass is 10.0. The van der Waals surface area contributed by atoms with Gasteiger partial charge in [0.1, 0.15) is 0 Å². The molecule has 0 aliphatic carbocycles. The molecule has 0 atom stereocenters. The van der Waals surface area contributed by atoms with Gasteiger partial charge in [-0.05, 0) is 45.4 Å². The van der Waals surface area contributed by atoms with Crippen LogP contribution in [0.25, 0.3) is 0 Å². The van der Waals surface area contributed by atoms with E-state index in [2.05, 4.69) is 46.5 Å². The summed E-state index contributed by atoms with van der Waals surface area (Å²) in [6.07, 6.45) is 0. The number of halogens is 1. The van der Waals surface area contributed by atoms with E-state index in [1.807, 2.05) is 13.0 Å². The first-order valence-corrected chi connectivity index (χ1v) is 10.5. The number of anilines is 1. The molecule has 1 aliphatic rings. The van der Waals surface area contributed by atoms with E-state index in [0.717, 1.165) is 41.9 Å². The Bertz CT molecular complexity index is 673. The summed E-state index contributed by atoms with van der Waals surface area (Å²) in [6, 6.07) is 3.56. The van der Waals surface area contributed by atoms with E-state index in [-0.39, 0.29) is 11.3 Å². The van der Waals surface area contributed by atoms with Gasteiger partial charge in [0.25, 0.3) is 0 Å². The van der Waals surface area contributed by atoms with Gasteiger partial charge in [0.2, 0.25) is 0 Å². The van der Waals surface area contributed by atoms with Gasteiger partial charge < -0.3 is 4.90 Å². The van der Waals surface area contributed by atoms with Crippen LogP contribution in [0, 0.1) is 6.92 Å². The van der Waals surface area contributed by atoms with Gasteiger partial charge in [0.15, 0.2) is 9.84 Å². The zero-order chi connectivity index (χ0) is 17.4. The van der Waals surface area contributed by atoms with Gasteiger partial charge in [-0.15, -0.1) is 0 Å². The van der Waals surface area contributed by atoms with Crippen molar-refractivity contribution in [3.8, 4) is 0 Å². The minimum atomic E-state index is -3.20. The first-order chi connectivity index (χ1) is 10.6. The van der Waals surface area contributed by atoms with Gasteiger partial charge in [-0.3, -0.25) is 4.90 Å². The van der Waals surface area contributed by atoms with Gasteiger partial charge >= 0.3 is 0 Å². The van der Waals surface area contributed by atoms with E-state index in [9.17, 15) is 8.42 Å². The Morgan fingerprint density at radius 2 is 1.70 bits per heavy atom. The third-order valence-corrected chi connectivity index (χ3v) is 7.14. The predicted octanol–water partition coefficient (Wildman–Crippen LogP) is 3.47. The van der Waals surface area contributed by atoms with Crippen LogP contribution in [0.5, 0.6) is 0 Å². The second-order valence-corrected chi connectivity index (χ2v) is 10.2. The van der Waals surface area contributed by atoms with Crippen LogP contribution in [0.4, 0.5) is 5.69 Å². The number of nitrogens with zero attached hydrogens (tertiary/aromatic N) is 2. The summed E-state index contributed by atoms with van der Waals surface area (Å²) in [4.78, 5) is 5.18. The van der Waals surface area contributed by atoms with Crippen LogP contribution in [-0.2, 0) is 9.84 Å². The van der Waals surface area contributed by atoms with Crippen molar-refractivity contribution in [3.63, 3.8) is 0 Å². The Morgan fingerprint density at radius 1 is 1.13 bits per heavy atom. The van der Waals surface area contributed by atoms with Crippen molar-refractivity contribution in [1.82, 2.24) is 4.90 Å². The molecule has 0 saturated carbocycles. The molecule has 0 N–H and O–H groups in total. The van der Waals surface area contributed by atoms with E-state index in [4.69, 9.17) is 0 Å². The molecule has 6 heteroatoms. The minimum Gasteiger partial charge on any atom is -0.369 e. The molecule has 23 heavy (non-hydrogen) atoms. The van der Waals surface area contributed by atoms with E-state index in [1.165, 1.54) is 0 Å². The highest BCUT2D eigenvalue weighted by Crippen LogP contribution is 2.32. The van der Waals surface area contributed by atoms with Crippen LogP contribution < -0.4 is 4.90 Å². The molecule has 1 aromatic rings. The number of rotatable bonds is 3. The normalized spacial score (nSPS) is 17.6. The quantitative estimate of drug-likeness (QED) is 0.775. The number of piperazine rings is 1. The summed E-state index contributed by atoms with van der Waals surface area (Å²) in [7, 11) is -3.20. The van der Waals surface area contributed by atoms with Crippen molar-refractivity contribution < 1.29 is 8.42 Å². The van der Waals surface area contributed by atoms with Crippen LogP contribution in [0.1, 0.15) is 33.3 Å². The summed E-state index contributed by atoms with van der Waals surface area (Å²) >= 11 is 3.53. The first kappa shape index (κ1) is 18.7. The zero-order valence-electron chi connectivity index (χ0n) is 14.7. The van der Waals surface area contributed by atoms with Crippen LogP contribution in [0.15, 0.2) is 21.5 Å². The summed E-state index contributed by atoms with van der Waals surface area (Å²) < 4.78 is 25.3. The van der Waals surface area contributed by atoms with Crippen molar-refractivity contribution in [2.75, 3.05) is 36.8 Å². The van der Waals surface area contributed by atoms with Crippen molar-refractivity contribution >= 4 is 31.5 Å². The lowest BCUT2D eigenvalue weighted by Crippen LogP contribution is -2.53. The second kappa shape index (κ2) is 6.73. The molecule has 1 heterocycles. The van der Waals surface area contributed by atoms with Crippen LogP contribution >= 0.6 is 15.9 Å². The van der Waals surface area contributed by atoms with Gasteiger partial charge in [-0.1, -0.05) is 22.9 Å². The first-order valence-electron chi connectivity index (χ1n) is 8.09. The van der Waals surface area contributed by atoms with E-state index >= 15 is 0 Å². The zero-order valence-corrected chi connectivity index (χ0v) is 17.1. The predicted molar refractivity (Wildman–Crippen MR) is 100 cm³/mol. The average Bonchev–Trinajstić information content (AvgIpc) is 2.49. The Kier molecular flexibility index (Phi) is 5.48. The van der Waals surface area contributed by atoms with Crippen molar-refractivity contribution in [2.24, 2.45) is 0 Å². The maximum atomic E-state index is 12.2. The maximum Gasteiger partial charge on any atom is 0.178 e. The Balaban J connectivity index is 2.31. The molecule has 1 aromatic carbocycles. The fourth-order valence-electron chi connectivity index (χ4n) is 2.93. The highest BCUT2D eigenvalue weighted by molar-refractivity contribution is 9.10. The molecule has 1 aliphatic heterocycles. The van der Waals surface area contributed by atoms with E-state index in [1.54, 1.807) is 13.0 Å². The van der Waals surface area contributed by atoms with Gasteiger partial charge in [0.05, 0.1) is 10.6 Å².